The third-order valence-corrected chi connectivity index (χ3v) is 7.81. The number of nitrogens with zero attached hydrogens (tertiary/aromatic N) is 5. The molecule has 2 aromatic carbocycles. The van der Waals surface area contributed by atoms with Gasteiger partial charge >= 0.3 is 6.18 Å². The molecule has 1 saturated heterocycles. The summed E-state index contributed by atoms with van der Waals surface area (Å²) in [5, 5.41) is 5.70. The maximum absolute atomic E-state index is 13.5. The van der Waals surface area contributed by atoms with Gasteiger partial charge in [-0.25, -0.2) is 4.39 Å². The van der Waals surface area contributed by atoms with E-state index in [1.807, 2.05) is 6.07 Å². The van der Waals surface area contributed by atoms with Gasteiger partial charge in [0.05, 0.1) is 28.7 Å². The number of benzene rings is 2. The zero-order valence-corrected chi connectivity index (χ0v) is 21.8. The van der Waals surface area contributed by atoms with Crippen LogP contribution in [0.4, 0.5) is 17.6 Å². The van der Waals surface area contributed by atoms with Crippen molar-refractivity contribution >= 4 is 51.4 Å². The Balaban J connectivity index is 1.31. The van der Waals surface area contributed by atoms with Crippen molar-refractivity contribution < 1.29 is 22.4 Å². The number of aliphatic imine (C=N–C) groups is 1. The van der Waals surface area contributed by atoms with Crippen LogP contribution < -0.4 is 0 Å². The highest BCUT2D eigenvalue weighted by Crippen LogP contribution is 2.35. The summed E-state index contributed by atoms with van der Waals surface area (Å²) in [5.74, 6) is -0.312. The third kappa shape index (κ3) is 5.89. The normalized spacial score (nSPS) is 18.4. The SMILES string of the molecule is O=C1N=C(N2CCCN(CCF)CC2)SC1=Cc1ccc2c(cnn2Cc2ccc(Cl)cc2C(F)(F)F)c1. The van der Waals surface area contributed by atoms with Crippen molar-refractivity contribution in [2.24, 2.45) is 4.99 Å². The Labute approximate surface area is 225 Å². The molecule has 0 radical (unpaired) electrons. The highest BCUT2D eigenvalue weighted by atomic mass is 35.5. The first-order chi connectivity index (χ1) is 18.2. The standard InChI is InChI=1S/C26H24ClF4N5OS/c27-20-4-3-18(21(14-20)26(29,30)31)16-36-22-5-2-17(12-19(22)15-32-36)13-23-24(37)33-25(38-23)35-8-1-7-34(9-6-28)10-11-35/h2-5,12-15H,1,6-11,16H2. The van der Waals surface area contributed by atoms with Crippen LogP contribution in [0.5, 0.6) is 0 Å². The number of fused-ring (bicyclic) bond motifs is 1. The van der Waals surface area contributed by atoms with Gasteiger partial charge in [0.1, 0.15) is 6.67 Å². The summed E-state index contributed by atoms with van der Waals surface area (Å²) >= 11 is 7.11. The Kier molecular flexibility index (Phi) is 7.78. The van der Waals surface area contributed by atoms with Gasteiger partial charge in [0.25, 0.3) is 5.91 Å². The minimum Gasteiger partial charge on any atom is -0.349 e. The Bertz CT molecular complexity index is 1420. The Morgan fingerprint density at radius 2 is 1.92 bits per heavy atom. The topological polar surface area (TPSA) is 53.7 Å². The number of amidine groups is 1. The molecule has 6 nitrogen and oxygen atoms in total. The number of hydrogen-bond acceptors (Lipinski definition) is 5. The summed E-state index contributed by atoms with van der Waals surface area (Å²) in [6.07, 6.45) is -0.315. The van der Waals surface area contributed by atoms with E-state index in [0.29, 0.717) is 28.7 Å². The van der Waals surface area contributed by atoms with Crippen LogP contribution in [0.3, 0.4) is 0 Å². The summed E-state index contributed by atoms with van der Waals surface area (Å²) in [6.45, 7) is 2.95. The van der Waals surface area contributed by atoms with Crippen molar-refractivity contribution in [2.75, 3.05) is 39.4 Å². The van der Waals surface area contributed by atoms with E-state index in [1.165, 1.54) is 28.6 Å². The molecule has 2 aliphatic rings. The molecule has 3 aromatic rings. The van der Waals surface area contributed by atoms with Gasteiger partial charge in [-0.1, -0.05) is 23.7 Å². The average Bonchev–Trinajstić information content (AvgIpc) is 3.34. The maximum atomic E-state index is 13.5. The molecule has 0 aliphatic carbocycles. The largest absolute Gasteiger partial charge is 0.416 e. The fourth-order valence-electron chi connectivity index (χ4n) is 4.62. The highest BCUT2D eigenvalue weighted by molar-refractivity contribution is 8.18. The maximum Gasteiger partial charge on any atom is 0.416 e. The number of alkyl halides is 4. The van der Waals surface area contributed by atoms with E-state index in [-0.39, 0.29) is 29.7 Å². The van der Waals surface area contributed by atoms with E-state index in [0.717, 1.165) is 43.1 Å². The van der Waals surface area contributed by atoms with Crippen LogP contribution in [0.2, 0.25) is 5.02 Å². The van der Waals surface area contributed by atoms with Crippen LogP contribution in [0.15, 0.2) is 52.5 Å². The molecule has 1 fully saturated rings. The second kappa shape index (κ2) is 11.1. The molecular weight excluding hydrogens is 542 g/mol. The van der Waals surface area contributed by atoms with Crippen molar-refractivity contribution in [1.82, 2.24) is 19.6 Å². The van der Waals surface area contributed by atoms with Crippen molar-refractivity contribution in [2.45, 2.75) is 19.1 Å². The molecule has 3 heterocycles. The fraction of sp³-hybridized carbons (Fsp3) is 0.346. The summed E-state index contributed by atoms with van der Waals surface area (Å²) in [6, 6.07) is 9.13. The first-order valence-corrected chi connectivity index (χ1v) is 13.3. The van der Waals surface area contributed by atoms with E-state index < -0.39 is 11.7 Å². The van der Waals surface area contributed by atoms with Crippen LogP contribution in [-0.4, -0.2) is 70.1 Å². The molecule has 1 aromatic heterocycles. The average molecular weight is 566 g/mol. The number of carbonyl (C=O) groups excluding carboxylic acids is 1. The number of amides is 1. The molecule has 5 rings (SSSR count). The van der Waals surface area contributed by atoms with Gasteiger partial charge in [0.15, 0.2) is 5.17 Å². The number of thioether (sulfide) groups is 1. The summed E-state index contributed by atoms with van der Waals surface area (Å²) < 4.78 is 54.7. The molecule has 38 heavy (non-hydrogen) atoms. The molecule has 0 bridgehead atoms. The molecule has 1 amide bonds. The molecule has 0 spiro atoms. The quantitative estimate of drug-likeness (QED) is 0.293. The zero-order valence-electron chi connectivity index (χ0n) is 20.2. The molecule has 2 aliphatic heterocycles. The minimum absolute atomic E-state index is 0.0187. The van der Waals surface area contributed by atoms with Crippen LogP contribution in [0.1, 0.15) is 23.1 Å². The lowest BCUT2D eigenvalue weighted by atomic mass is 10.1. The van der Waals surface area contributed by atoms with E-state index in [9.17, 15) is 22.4 Å². The first kappa shape index (κ1) is 26.7. The number of halogens is 5. The molecule has 0 unspecified atom stereocenters. The van der Waals surface area contributed by atoms with Gasteiger partial charge in [0.2, 0.25) is 0 Å². The van der Waals surface area contributed by atoms with Crippen LogP contribution >= 0.6 is 23.4 Å². The van der Waals surface area contributed by atoms with Crippen LogP contribution in [0, 0.1) is 0 Å². The number of aromatic nitrogens is 2. The fourth-order valence-corrected chi connectivity index (χ4v) is 5.76. The third-order valence-electron chi connectivity index (χ3n) is 6.53. The lowest BCUT2D eigenvalue weighted by Gasteiger charge is -2.21. The van der Waals surface area contributed by atoms with Gasteiger partial charge in [-0.05, 0) is 66.2 Å². The van der Waals surface area contributed by atoms with Gasteiger partial charge in [0, 0.05) is 36.6 Å². The summed E-state index contributed by atoms with van der Waals surface area (Å²) in [5.41, 5.74) is 0.705. The number of hydrogen-bond donors (Lipinski definition) is 0. The summed E-state index contributed by atoms with van der Waals surface area (Å²) in [7, 11) is 0. The minimum atomic E-state index is -4.53. The molecule has 0 saturated carbocycles. The van der Waals surface area contributed by atoms with Gasteiger partial charge < -0.3 is 4.90 Å². The second-order valence-corrected chi connectivity index (χ2v) is 10.5. The molecule has 200 valence electrons. The van der Waals surface area contributed by atoms with E-state index in [4.69, 9.17) is 11.6 Å². The van der Waals surface area contributed by atoms with E-state index in [2.05, 4.69) is 19.9 Å². The van der Waals surface area contributed by atoms with E-state index >= 15 is 0 Å². The van der Waals surface area contributed by atoms with E-state index in [1.54, 1.807) is 24.4 Å². The first-order valence-electron chi connectivity index (χ1n) is 12.1. The number of carbonyl (C=O) groups is 1. The summed E-state index contributed by atoms with van der Waals surface area (Å²) in [4.78, 5) is 21.5. The van der Waals surface area contributed by atoms with Gasteiger partial charge in [-0.2, -0.15) is 23.3 Å². The smallest absolute Gasteiger partial charge is 0.349 e. The van der Waals surface area contributed by atoms with Crippen LogP contribution in [-0.2, 0) is 17.5 Å². The van der Waals surface area contributed by atoms with Gasteiger partial charge in [-0.15, -0.1) is 0 Å². The lowest BCUT2D eigenvalue weighted by Crippen LogP contribution is -2.33. The highest BCUT2D eigenvalue weighted by Gasteiger charge is 2.34. The predicted molar refractivity (Wildman–Crippen MR) is 142 cm³/mol. The molecule has 0 N–H and O–H groups in total. The predicted octanol–water partition coefficient (Wildman–Crippen LogP) is 5.70. The van der Waals surface area contributed by atoms with Crippen molar-refractivity contribution in [3.05, 3.63) is 69.2 Å². The molecule has 0 atom stereocenters. The van der Waals surface area contributed by atoms with Crippen molar-refractivity contribution in [1.29, 1.82) is 0 Å². The van der Waals surface area contributed by atoms with Crippen molar-refractivity contribution in [3.8, 4) is 0 Å². The Morgan fingerprint density at radius 1 is 1.08 bits per heavy atom. The monoisotopic (exact) mass is 565 g/mol. The second-order valence-electron chi connectivity index (χ2n) is 9.10. The Morgan fingerprint density at radius 3 is 2.71 bits per heavy atom. The van der Waals surface area contributed by atoms with Crippen molar-refractivity contribution in [3.63, 3.8) is 0 Å². The Hall–Kier alpha value is -2.89. The lowest BCUT2D eigenvalue weighted by molar-refractivity contribution is -0.138. The van der Waals surface area contributed by atoms with Gasteiger partial charge in [-0.3, -0.25) is 14.4 Å². The molecular formula is C26H24ClF4N5OS. The van der Waals surface area contributed by atoms with Crippen LogP contribution in [0.25, 0.3) is 17.0 Å². The molecule has 12 heteroatoms. The zero-order chi connectivity index (χ0) is 26.9. The number of rotatable bonds is 5.